The van der Waals surface area contributed by atoms with Crippen LogP contribution in [0.15, 0.2) is 12.2 Å². The van der Waals surface area contributed by atoms with Gasteiger partial charge in [-0.15, -0.1) is 6.58 Å². The Morgan fingerprint density at radius 3 is 2.14 bits per heavy atom. The molecule has 0 unspecified atom stereocenters. The second kappa shape index (κ2) is 6.26. The fraction of sp³-hybridized carbons (Fsp3) is 0.500. The summed E-state index contributed by atoms with van der Waals surface area (Å²) in [4.78, 5) is 0. The van der Waals surface area contributed by atoms with Crippen molar-refractivity contribution in [2.24, 2.45) is 0 Å². The molecule has 0 fully saturated rings. The Labute approximate surface area is 56.5 Å². The van der Waals surface area contributed by atoms with E-state index in [-0.39, 0.29) is 17.1 Å². The quantitative estimate of drug-likeness (QED) is 0.318. The van der Waals surface area contributed by atoms with Crippen LogP contribution in [0.25, 0.3) is 0 Å². The van der Waals surface area contributed by atoms with Crippen molar-refractivity contribution in [2.75, 3.05) is 0 Å². The summed E-state index contributed by atoms with van der Waals surface area (Å²) in [6, 6.07) is 0. The number of hydrogen-bond acceptors (Lipinski definition) is 0. The van der Waals surface area contributed by atoms with Crippen molar-refractivity contribution >= 4 is 0 Å². The van der Waals surface area contributed by atoms with E-state index in [1.54, 1.807) is 0 Å². The largest absolute Gasteiger partial charge is 1.00 e. The van der Waals surface area contributed by atoms with Gasteiger partial charge in [0.25, 0.3) is 0 Å². The molecule has 0 heterocycles. The molecule has 0 aliphatic carbocycles. The molecule has 7 heavy (non-hydrogen) atoms. The normalized spacial score (nSPS) is 7.14. The molecule has 0 nitrogen and oxygen atoms in total. The van der Waals surface area contributed by atoms with Crippen molar-refractivity contribution in [3.63, 3.8) is 0 Å². The average Bonchev–Trinajstić information content (AvgIpc) is 1.35. The van der Waals surface area contributed by atoms with Gasteiger partial charge in [-0.2, -0.15) is 6.42 Å². The standard InChI is InChI=1S/C6H11.Cu/c1-4-5-6(2)3;/h1-2,4-5H2,3H3;/q-1;+1. The van der Waals surface area contributed by atoms with Crippen molar-refractivity contribution in [2.45, 2.75) is 19.8 Å². The predicted octanol–water partition coefficient (Wildman–Crippen LogP) is 2.17. The van der Waals surface area contributed by atoms with Gasteiger partial charge in [-0.1, -0.05) is 12.0 Å². The summed E-state index contributed by atoms with van der Waals surface area (Å²) in [5, 5.41) is 0. The fourth-order valence-electron chi connectivity index (χ4n) is 0.302. The summed E-state index contributed by atoms with van der Waals surface area (Å²) < 4.78 is 0. The van der Waals surface area contributed by atoms with Gasteiger partial charge in [0.15, 0.2) is 0 Å². The first-order valence-corrected chi connectivity index (χ1v) is 2.21. The van der Waals surface area contributed by atoms with Crippen LogP contribution in [0, 0.1) is 6.92 Å². The first-order valence-electron chi connectivity index (χ1n) is 2.21. The van der Waals surface area contributed by atoms with Crippen LogP contribution in [-0.4, -0.2) is 0 Å². The third-order valence-electron chi connectivity index (χ3n) is 0.604. The summed E-state index contributed by atoms with van der Waals surface area (Å²) in [6.45, 7) is 9.39. The molecule has 0 bridgehead atoms. The fourth-order valence-corrected chi connectivity index (χ4v) is 0.302. The van der Waals surface area contributed by atoms with Gasteiger partial charge in [0.1, 0.15) is 0 Å². The van der Waals surface area contributed by atoms with Crippen LogP contribution in [0.5, 0.6) is 0 Å². The van der Waals surface area contributed by atoms with E-state index in [1.807, 2.05) is 6.92 Å². The number of allylic oxidation sites excluding steroid dienone is 1. The Bertz CT molecular complexity index is 48.1. The Balaban J connectivity index is 0. The summed E-state index contributed by atoms with van der Waals surface area (Å²) in [7, 11) is 0. The molecule has 0 radical (unpaired) electrons. The number of rotatable bonds is 2. The van der Waals surface area contributed by atoms with Gasteiger partial charge >= 0.3 is 17.1 Å². The molecule has 0 aromatic rings. The van der Waals surface area contributed by atoms with Gasteiger partial charge in [-0.05, 0) is 6.92 Å². The summed E-state index contributed by atoms with van der Waals surface area (Å²) in [5.74, 6) is 0. The molecule has 0 rings (SSSR count). The molecule has 0 aromatic heterocycles. The summed E-state index contributed by atoms with van der Waals surface area (Å²) in [5.41, 5.74) is 1.23. The van der Waals surface area contributed by atoms with Crippen molar-refractivity contribution in [3.8, 4) is 0 Å². The second-order valence-electron chi connectivity index (χ2n) is 1.56. The van der Waals surface area contributed by atoms with E-state index in [0.717, 1.165) is 12.8 Å². The molecule has 0 aromatic carbocycles. The Morgan fingerprint density at radius 2 is 2.14 bits per heavy atom. The summed E-state index contributed by atoms with van der Waals surface area (Å²) >= 11 is 0. The van der Waals surface area contributed by atoms with Gasteiger partial charge in [-0.3, -0.25) is 0 Å². The first-order chi connectivity index (χ1) is 2.77. The topological polar surface area (TPSA) is 0 Å². The maximum Gasteiger partial charge on any atom is 1.00 e. The molecule has 0 spiro atoms. The minimum absolute atomic E-state index is 0. The minimum atomic E-state index is 0. The van der Waals surface area contributed by atoms with E-state index in [9.17, 15) is 0 Å². The number of hydrogen-bond donors (Lipinski definition) is 0. The van der Waals surface area contributed by atoms with Crippen LogP contribution in [-0.2, 0) is 17.1 Å². The second-order valence-corrected chi connectivity index (χ2v) is 1.56. The third kappa shape index (κ3) is 10.7. The van der Waals surface area contributed by atoms with E-state index in [4.69, 9.17) is 0 Å². The van der Waals surface area contributed by atoms with Gasteiger partial charge < -0.3 is 6.92 Å². The van der Waals surface area contributed by atoms with E-state index < -0.39 is 0 Å². The van der Waals surface area contributed by atoms with E-state index in [1.165, 1.54) is 5.57 Å². The van der Waals surface area contributed by atoms with Gasteiger partial charge in [0.05, 0.1) is 0 Å². The zero-order valence-corrected chi connectivity index (χ0v) is 5.57. The Morgan fingerprint density at radius 1 is 1.71 bits per heavy atom. The SMILES string of the molecule is C=C(C)CC[CH2-].[Cu+]. The molecule has 0 atom stereocenters. The molecule has 46 valence electrons. The van der Waals surface area contributed by atoms with Gasteiger partial charge in [0, 0.05) is 0 Å². The molecular weight excluding hydrogens is 136 g/mol. The van der Waals surface area contributed by atoms with E-state index >= 15 is 0 Å². The van der Waals surface area contributed by atoms with Gasteiger partial charge in [-0.25, -0.2) is 0 Å². The van der Waals surface area contributed by atoms with Crippen molar-refractivity contribution < 1.29 is 17.1 Å². The maximum absolute atomic E-state index is 3.70. The van der Waals surface area contributed by atoms with Crippen LogP contribution >= 0.6 is 0 Å². The monoisotopic (exact) mass is 146 g/mol. The molecule has 0 aliphatic rings. The minimum Gasteiger partial charge on any atom is -0.343 e. The molecule has 0 saturated heterocycles. The molecular formula is C6H11Cu. The van der Waals surface area contributed by atoms with Crippen molar-refractivity contribution in [1.29, 1.82) is 0 Å². The van der Waals surface area contributed by atoms with Crippen molar-refractivity contribution in [1.82, 2.24) is 0 Å². The molecule has 0 amide bonds. The molecule has 0 aliphatic heterocycles. The van der Waals surface area contributed by atoms with E-state index in [2.05, 4.69) is 13.5 Å². The Hall–Kier alpha value is 0.259. The average molecular weight is 147 g/mol. The van der Waals surface area contributed by atoms with Crippen LogP contribution < -0.4 is 0 Å². The molecule has 0 saturated carbocycles. The first kappa shape index (κ1) is 10.3. The van der Waals surface area contributed by atoms with Crippen molar-refractivity contribution in [3.05, 3.63) is 19.1 Å². The molecule has 0 N–H and O–H groups in total. The van der Waals surface area contributed by atoms with Crippen LogP contribution in [0.2, 0.25) is 0 Å². The molecule has 1 heteroatoms. The van der Waals surface area contributed by atoms with Crippen LogP contribution in [0.1, 0.15) is 19.8 Å². The Kier molecular flexibility index (Phi) is 9.19. The smallest absolute Gasteiger partial charge is 0.343 e. The zero-order chi connectivity index (χ0) is 4.99. The predicted molar refractivity (Wildman–Crippen MR) is 29.4 cm³/mol. The summed E-state index contributed by atoms with van der Waals surface area (Å²) in [6.07, 6.45) is 2.05. The van der Waals surface area contributed by atoms with Gasteiger partial charge in [0.2, 0.25) is 0 Å². The van der Waals surface area contributed by atoms with E-state index in [0.29, 0.717) is 0 Å². The zero-order valence-electron chi connectivity index (χ0n) is 4.63. The maximum atomic E-state index is 3.70. The third-order valence-corrected chi connectivity index (χ3v) is 0.604. The van der Waals surface area contributed by atoms with Crippen LogP contribution in [0.4, 0.5) is 0 Å². The van der Waals surface area contributed by atoms with Crippen LogP contribution in [0.3, 0.4) is 0 Å².